The van der Waals surface area contributed by atoms with Gasteiger partial charge in [0.2, 0.25) is 0 Å². The number of halogens is 1. The van der Waals surface area contributed by atoms with Gasteiger partial charge in [-0.3, -0.25) is 4.79 Å². The lowest BCUT2D eigenvalue weighted by atomic mass is 10.0. The summed E-state index contributed by atoms with van der Waals surface area (Å²) in [6, 6.07) is 8.19. The topological polar surface area (TPSA) is 67.4 Å². The number of carbonyl (C=O) groups is 2. The Morgan fingerprint density at radius 1 is 1.24 bits per heavy atom. The van der Waals surface area contributed by atoms with Crippen LogP contribution in [0.5, 0.6) is 0 Å². The Balaban J connectivity index is 2.01. The fraction of sp³-hybridized carbons (Fsp3) is 0.333. The minimum atomic E-state index is -0.561. The molecule has 134 valence electrons. The molecular weight excluding hydrogens is 360 g/mol. The van der Waals surface area contributed by atoms with E-state index in [1.807, 2.05) is 24.4 Å². The highest BCUT2D eigenvalue weighted by molar-refractivity contribution is 7.07. The van der Waals surface area contributed by atoms with Crippen molar-refractivity contribution in [2.45, 2.75) is 31.8 Å². The second kappa shape index (κ2) is 9.44. The highest BCUT2D eigenvalue weighted by atomic mass is 35.5. The predicted octanol–water partition coefficient (Wildman–Crippen LogP) is 3.94. The van der Waals surface area contributed by atoms with Gasteiger partial charge in [-0.05, 0) is 47.4 Å². The summed E-state index contributed by atoms with van der Waals surface area (Å²) >= 11 is 7.83. The molecule has 0 bridgehead atoms. The fourth-order valence-electron chi connectivity index (χ4n) is 2.48. The Morgan fingerprint density at radius 2 is 2.00 bits per heavy atom. The van der Waals surface area contributed by atoms with Crippen LogP contribution in [0, 0.1) is 0 Å². The molecule has 0 aliphatic rings. The first-order valence-corrected chi connectivity index (χ1v) is 9.21. The van der Waals surface area contributed by atoms with Gasteiger partial charge in [-0.25, -0.2) is 4.79 Å². The van der Waals surface area contributed by atoms with Crippen LogP contribution in [0.4, 0.5) is 4.79 Å². The van der Waals surface area contributed by atoms with E-state index in [2.05, 4.69) is 16.0 Å². The number of benzene rings is 1. The van der Waals surface area contributed by atoms with Crippen molar-refractivity contribution in [3.05, 3.63) is 57.2 Å². The first-order chi connectivity index (χ1) is 12.0. The first-order valence-electron chi connectivity index (χ1n) is 7.89. The Bertz CT molecular complexity index is 706. The van der Waals surface area contributed by atoms with Gasteiger partial charge in [0, 0.05) is 11.1 Å². The number of ether oxygens (including phenoxy) is 1. The molecule has 2 aromatic rings. The molecule has 0 radical (unpaired) electrons. The normalized spacial score (nSPS) is 12.9. The van der Waals surface area contributed by atoms with Gasteiger partial charge in [0.15, 0.2) is 0 Å². The summed E-state index contributed by atoms with van der Waals surface area (Å²) < 4.78 is 4.72. The molecule has 1 aromatic heterocycles. The van der Waals surface area contributed by atoms with Crippen LogP contribution in [0.2, 0.25) is 5.02 Å². The van der Waals surface area contributed by atoms with E-state index >= 15 is 0 Å². The summed E-state index contributed by atoms with van der Waals surface area (Å²) in [6.45, 7) is 1.93. The van der Waals surface area contributed by atoms with Gasteiger partial charge in [-0.15, -0.1) is 0 Å². The minimum Gasteiger partial charge on any atom is -0.469 e. The van der Waals surface area contributed by atoms with Crippen LogP contribution in [0.15, 0.2) is 41.1 Å². The number of thiophene rings is 1. The number of nitrogens with one attached hydrogen (secondary N) is 2. The molecule has 2 atom stereocenters. The molecule has 0 saturated heterocycles. The Hall–Kier alpha value is -2.05. The van der Waals surface area contributed by atoms with E-state index in [9.17, 15) is 9.59 Å². The maximum Gasteiger partial charge on any atom is 0.315 e. The van der Waals surface area contributed by atoms with E-state index in [0.29, 0.717) is 10.6 Å². The molecule has 25 heavy (non-hydrogen) atoms. The average Bonchev–Trinajstić information content (AvgIpc) is 3.07. The van der Waals surface area contributed by atoms with Gasteiger partial charge in [0.05, 0.1) is 19.6 Å². The first kappa shape index (κ1) is 19.3. The molecule has 0 aliphatic carbocycles. The van der Waals surface area contributed by atoms with Crippen molar-refractivity contribution in [2.75, 3.05) is 7.11 Å². The van der Waals surface area contributed by atoms with E-state index in [0.717, 1.165) is 6.42 Å². The van der Waals surface area contributed by atoms with E-state index in [4.69, 9.17) is 16.3 Å². The lowest BCUT2D eigenvalue weighted by Crippen LogP contribution is -2.43. The number of rotatable bonds is 7. The van der Waals surface area contributed by atoms with Crippen molar-refractivity contribution in [3.8, 4) is 0 Å². The van der Waals surface area contributed by atoms with Gasteiger partial charge in [0.25, 0.3) is 0 Å². The number of hydrogen-bond donors (Lipinski definition) is 2. The molecule has 1 aromatic carbocycles. The highest BCUT2D eigenvalue weighted by Gasteiger charge is 2.21. The van der Waals surface area contributed by atoms with Crippen LogP contribution in [0.3, 0.4) is 0 Å². The summed E-state index contributed by atoms with van der Waals surface area (Å²) in [5, 5.41) is 10.3. The average molecular weight is 381 g/mol. The van der Waals surface area contributed by atoms with Crippen molar-refractivity contribution >= 4 is 34.9 Å². The summed E-state index contributed by atoms with van der Waals surface area (Å²) in [5.74, 6) is -0.420. The van der Waals surface area contributed by atoms with Gasteiger partial charge >= 0.3 is 12.0 Å². The lowest BCUT2D eigenvalue weighted by Gasteiger charge is -2.21. The molecule has 7 heteroatoms. The number of amides is 2. The smallest absolute Gasteiger partial charge is 0.315 e. The van der Waals surface area contributed by atoms with Crippen molar-refractivity contribution in [3.63, 3.8) is 0 Å². The molecule has 2 unspecified atom stereocenters. The van der Waals surface area contributed by atoms with E-state index in [-0.39, 0.29) is 18.5 Å². The maximum atomic E-state index is 12.3. The minimum absolute atomic E-state index is 0.00651. The molecule has 5 nitrogen and oxygen atoms in total. The molecule has 2 N–H and O–H groups in total. The van der Waals surface area contributed by atoms with Crippen LogP contribution < -0.4 is 10.6 Å². The summed E-state index contributed by atoms with van der Waals surface area (Å²) in [6.07, 6.45) is 0.747. The highest BCUT2D eigenvalue weighted by Crippen LogP contribution is 2.25. The second-order valence-corrected chi connectivity index (χ2v) is 6.90. The van der Waals surface area contributed by atoms with E-state index in [1.165, 1.54) is 12.7 Å². The summed E-state index contributed by atoms with van der Waals surface area (Å²) in [5.41, 5.74) is 1.85. The monoisotopic (exact) mass is 380 g/mol. The van der Waals surface area contributed by atoms with Crippen LogP contribution in [-0.2, 0) is 16.0 Å². The SMILES string of the molecule is COC(=O)CC(NC(=O)NC(C)Cc1ccsc1)c1ccccc1Cl. The van der Waals surface area contributed by atoms with E-state index in [1.54, 1.807) is 29.5 Å². The van der Waals surface area contributed by atoms with Crippen LogP contribution in [0.1, 0.15) is 30.5 Å². The molecule has 0 aliphatic heterocycles. The molecular formula is C18H21ClN2O3S. The Morgan fingerprint density at radius 3 is 2.64 bits per heavy atom. The number of esters is 1. The number of carbonyl (C=O) groups excluding carboxylic acids is 2. The maximum absolute atomic E-state index is 12.3. The standard InChI is InChI=1S/C18H21ClN2O3S/c1-12(9-13-7-8-25-11-13)20-18(23)21-16(10-17(22)24-2)14-5-3-4-6-15(14)19/h3-8,11-12,16H,9-10H2,1-2H3,(H2,20,21,23). The second-order valence-electron chi connectivity index (χ2n) is 5.71. The largest absolute Gasteiger partial charge is 0.469 e. The fourth-order valence-corrected chi connectivity index (χ4v) is 3.43. The van der Waals surface area contributed by atoms with Crippen molar-refractivity contribution in [1.29, 1.82) is 0 Å². The van der Waals surface area contributed by atoms with Crippen LogP contribution >= 0.6 is 22.9 Å². The van der Waals surface area contributed by atoms with Gasteiger partial charge in [-0.1, -0.05) is 29.8 Å². The molecule has 0 fully saturated rings. The summed E-state index contributed by atoms with van der Waals surface area (Å²) in [4.78, 5) is 24.0. The zero-order valence-corrected chi connectivity index (χ0v) is 15.7. The quantitative estimate of drug-likeness (QED) is 0.715. The Kier molecular flexibility index (Phi) is 7.28. The number of hydrogen-bond acceptors (Lipinski definition) is 4. The lowest BCUT2D eigenvalue weighted by molar-refractivity contribution is -0.141. The number of methoxy groups -OCH3 is 1. The molecule has 0 saturated carbocycles. The third kappa shape index (κ3) is 6.07. The van der Waals surface area contributed by atoms with Crippen molar-refractivity contribution in [1.82, 2.24) is 10.6 Å². The third-order valence-corrected chi connectivity index (χ3v) is 4.76. The van der Waals surface area contributed by atoms with Gasteiger partial charge in [0.1, 0.15) is 0 Å². The van der Waals surface area contributed by atoms with E-state index < -0.39 is 12.0 Å². The number of urea groups is 1. The van der Waals surface area contributed by atoms with Crippen molar-refractivity contribution in [2.24, 2.45) is 0 Å². The third-order valence-electron chi connectivity index (χ3n) is 3.68. The molecule has 0 spiro atoms. The zero-order valence-electron chi connectivity index (χ0n) is 14.1. The predicted molar refractivity (Wildman–Crippen MR) is 100.0 cm³/mol. The van der Waals surface area contributed by atoms with Crippen LogP contribution in [-0.4, -0.2) is 25.2 Å². The van der Waals surface area contributed by atoms with Crippen LogP contribution in [0.25, 0.3) is 0 Å². The Labute approximate surface area is 156 Å². The molecule has 1 heterocycles. The zero-order chi connectivity index (χ0) is 18.2. The van der Waals surface area contributed by atoms with Gasteiger partial charge in [-0.2, -0.15) is 11.3 Å². The van der Waals surface area contributed by atoms with Crippen molar-refractivity contribution < 1.29 is 14.3 Å². The molecule has 2 rings (SSSR count). The molecule has 2 amide bonds. The summed E-state index contributed by atoms with van der Waals surface area (Å²) in [7, 11) is 1.31. The van der Waals surface area contributed by atoms with Gasteiger partial charge < -0.3 is 15.4 Å².